The first-order valence-electron chi connectivity index (χ1n) is 12.0. The highest BCUT2D eigenvalue weighted by Gasteiger charge is 2.14. The van der Waals surface area contributed by atoms with Gasteiger partial charge in [0, 0.05) is 21.5 Å². The topological polar surface area (TPSA) is 3.24 Å². The molecule has 2 heteroatoms. The van der Waals surface area contributed by atoms with Crippen LogP contribution in [0.3, 0.4) is 0 Å². The fourth-order valence-electron chi connectivity index (χ4n) is 4.66. The normalized spacial score (nSPS) is 10.9. The summed E-state index contributed by atoms with van der Waals surface area (Å²) in [6, 6.07) is 51.7. The smallest absolute Gasteiger partial charge is 0.0468 e. The predicted molar refractivity (Wildman–Crippen MR) is 157 cm³/mol. The largest absolute Gasteiger partial charge is 0.310 e. The van der Waals surface area contributed by atoms with Crippen LogP contribution in [-0.2, 0) is 0 Å². The Balaban J connectivity index is 1.44. The lowest BCUT2D eigenvalue weighted by Crippen LogP contribution is -2.09. The molecule has 0 unspecified atom stereocenters. The zero-order chi connectivity index (χ0) is 24.3. The van der Waals surface area contributed by atoms with Gasteiger partial charge in [0.2, 0.25) is 0 Å². The van der Waals surface area contributed by atoms with Crippen molar-refractivity contribution in [2.75, 3.05) is 4.90 Å². The highest BCUT2D eigenvalue weighted by Crippen LogP contribution is 2.38. The molecule has 0 radical (unpaired) electrons. The van der Waals surface area contributed by atoms with Crippen LogP contribution in [0.5, 0.6) is 0 Å². The molecule has 6 rings (SSSR count). The van der Waals surface area contributed by atoms with Crippen LogP contribution in [0.2, 0.25) is 0 Å². The molecule has 0 aliphatic rings. The van der Waals surface area contributed by atoms with Crippen molar-refractivity contribution in [3.8, 4) is 22.3 Å². The Morgan fingerprint density at radius 2 is 0.806 bits per heavy atom. The molecule has 0 aliphatic carbocycles. The minimum atomic E-state index is 1.08. The predicted octanol–water partition coefficient (Wildman–Crippen LogP) is 10.4. The van der Waals surface area contributed by atoms with Crippen molar-refractivity contribution in [3.63, 3.8) is 0 Å². The maximum Gasteiger partial charge on any atom is 0.0468 e. The van der Waals surface area contributed by atoms with Gasteiger partial charge < -0.3 is 4.90 Å². The molecular weight excluding hydrogens is 502 g/mol. The van der Waals surface area contributed by atoms with Gasteiger partial charge in [0.1, 0.15) is 0 Å². The fourth-order valence-corrected chi connectivity index (χ4v) is 5.04. The van der Waals surface area contributed by atoms with Crippen molar-refractivity contribution in [2.24, 2.45) is 0 Å². The van der Waals surface area contributed by atoms with Crippen LogP contribution in [0.15, 0.2) is 150 Å². The van der Waals surface area contributed by atoms with E-state index in [0.29, 0.717) is 0 Å². The van der Waals surface area contributed by atoms with Crippen LogP contribution in [0.4, 0.5) is 17.1 Å². The lowest BCUT2D eigenvalue weighted by molar-refractivity contribution is 1.29. The van der Waals surface area contributed by atoms with Crippen LogP contribution in [-0.4, -0.2) is 0 Å². The van der Waals surface area contributed by atoms with E-state index < -0.39 is 0 Å². The molecule has 0 amide bonds. The molecule has 6 aromatic rings. The van der Waals surface area contributed by atoms with E-state index >= 15 is 0 Å². The summed E-state index contributed by atoms with van der Waals surface area (Å²) in [4.78, 5) is 2.32. The fraction of sp³-hybridized carbons (Fsp3) is 0. The van der Waals surface area contributed by atoms with Gasteiger partial charge in [-0.05, 0) is 81.6 Å². The number of hydrogen-bond acceptors (Lipinski definition) is 1. The third kappa shape index (κ3) is 4.56. The molecule has 0 aliphatic heterocycles. The molecule has 0 aromatic heterocycles. The first kappa shape index (κ1) is 22.3. The number of nitrogens with zero attached hydrogens (tertiary/aromatic N) is 1. The summed E-state index contributed by atoms with van der Waals surface area (Å²) in [5, 5.41) is 2.43. The zero-order valence-electron chi connectivity index (χ0n) is 19.7. The van der Waals surface area contributed by atoms with E-state index in [2.05, 4.69) is 166 Å². The molecule has 1 nitrogen and oxygen atoms in total. The molecular formula is C34H24BrN. The number of benzene rings is 6. The Bertz CT molecular complexity index is 1520. The zero-order valence-corrected chi connectivity index (χ0v) is 21.3. The average molecular weight is 526 g/mol. The first-order chi connectivity index (χ1) is 17.7. The summed E-state index contributed by atoms with van der Waals surface area (Å²) in [5.41, 5.74) is 8.23. The van der Waals surface area contributed by atoms with Crippen molar-refractivity contribution in [1.29, 1.82) is 0 Å². The van der Waals surface area contributed by atoms with E-state index in [4.69, 9.17) is 0 Å². The van der Waals surface area contributed by atoms with Crippen LogP contribution in [0.25, 0.3) is 33.0 Å². The van der Waals surface area contributed by atoms with Gasteiger partial charge in [-0.3, -0.25) is 0 Å². The second-order valence-corrected chi connectivity index (χ2v) is 9.75. The summed E-state index contributed by atoms with van der Waals surface area (Å²) in [5.74, 6) is 0. The quantitative estimate of drug-likeness (QED) is 0.216. The minimum absolute atomic E-state index is 1.08. The van der Waals surface area contributed by atoms with Gasteiger partial charge in [-0.15, -0.1) is 0 Å². The van der Waals surface area contributed by atoms with E-state index in [1.807, 2.05) is 0 Å². The first-order valence-corrected chi connectivity index (χ1v) is 12.8. The van der Waals surface area contributed by atoms with Crippen molar-refractivity contribution >= 4 is 43.8 Å². The molecule has 0 heterocycles. The summed E-state index contributed by atoms with van der Waals surface area (Å²) >= 11 is 3.63. The monoisotopic (exact) mass is 525 g/mol. The Morgan fingerprint density at radius 1 is 0.361 bits per heavy atom. The maximum absolute atomic E-state index is 3.63. The SMILES string of the molecule is Brc1ccc2ccc(N(c3ccc(-c4ccccc4)cc3)c3ccc(-c4ccccc4)cc3)cc2c1. The van der Waals surface area contributed by atoms with Crippen LogP contribution in [0.1, 0.15) is 0 Å². The van der Waals surface area contributed by atoms with E-state index in [1.54, 1.807) is 0 Å². The Labute approximate surface area is 220 Å². The highest BCUT2D eigenvalue weighted by molar-refractivity contribution is 9.10. The molecule has 0 atom stereocenters. The number of anilines is 3. The number of rotatable bonds is 5. The Hall–Kier alpha value is -4.14. The molecule has 6 aromatic carbocycles. The second kappa shape index (κ2) is 9.85. The van der Waals surface area contributed by atoms with Crippen molar-refractivity contribution in [2.45, 2.75) is 0 Å². The van der Waals surface area contributed by atoms with Gasteiger partial charge in [-0.25, -0.2) is 0 Å². The van der Waals surface area contributed by atoms with Crippen LogP contribution in [0, 0.1) is 0 Å². The third-order valence-electron chi connectivity index (χ3n) is 6.51. The van der Waals surface area contributed by atoms with Crippen LogP contribution >= 0.6 is 15.9 Å². The average Bonchev–Trinajstić information content (AvgIpc) is 2.95. The molecule has 0 bridgehead atoms. The third-order valence-corrected chi connectivity index (χ3v) is 7.00. The number of fused-ring (bicyclic) bond motifs is 1. The lowest BCUT2D eigenvalue weighted by atomic mass is 10.0. The van der Waals surface area contributed by atoms with E-state index in [9.17, 15) is 0 Å². The molecule has 0 N–H and O–H groups in total. The highest BCUT2D eigenvalue weighted by atomic mass is 79.9. The van der Waals surface area contributed by atoms with Gasteiger partial charge in [-0.1, -0.05) is 113 Å². The van der Waals surface area contributed by atoms with E-state index in [0.717, 1.165) is 21.5 Å². The minimum Gasteiger partial charge on any atom is -0.310 e. The second-order valence-electron chi connectivity index (χ2n) is 8.84. The molecule has 36 heavy (non-hydrogen) atoms. The molecule has 0 saturated heterocycles. The van der Waals surface area contributed by atoms with Crippen LogP contribution < -0.4 is 4.90 Å². The number of halogens is 1. The van der Waals surface area contributed by atoms with Gasteiger partial charge >= 0.3 is 0 Å². The van der Waals surface area contributed by atoms with E-state index in [1.165, 1.54) is 33.0 Å². The lowest BCUT2D eigenvalue weighted by Gasteiger charge is -2.26. The van der Waals surface area contributed by atoms with Gasteiger partial charge in [0.15, 0.2) is 0 Å². The summed E-state index contributed by atoms with van der Waals surface area (Å²) in [6.07, 6.45) is 0. The van der Waals surface area contributed by atoms with Gasteiger partial charge in [0.25, 0.3) is 0 Å². The molecule has 172 valence electrons. The van der Waals surface area contributed by atoms with E-state index in [-0.39, 0.29) is 0 Å². The summed E-state index contributed by atoms with van der Waals surface area (Å²) < 4.78 is 1.08. The van der Waals surface area contributed by atoms with Crippen molar-refractivity contribution in [1.82, 2.24) is 0 Å². The summed E-state index contributed by atoms with van der Waals surface area (Å²) in [6.45, 7) is 0. The Morgan fingerprint density at radius 3 is 1.33 bits per heavy atom. The molecule has 0 spiro atoms. The molecule has 0 fully saturated rings. The van der Waals surface area contributed by atoms with Crippen molar-refractivity contribution < 1.29 is 0 Å². The van der Waals surface area contributed by atoms with Gasteiger partial charge in [-0.2, -0.15) is 0 Å². The Kier molecular flexibility index (Phi) is 6.11. The summed E-state index contributed by atoms with van der Waals surface area (Å²) in [7, 11) is 0. The standard InChI is InChI=1S/C34H24BrN/c35-31-17-11-29-16-22-34(24-30(29)23-31)36(32-18-12-27(13-19-32)25-7-3-1-4-8-25)33-20-14-28(15-21-33)26-9-5-2-6-10-26/h1-24H. The maximum atomic E-state index is 3.63. The number of hydrogen-bond donors (Lipinski definition) is 0. The molecule has 0 saturated carbocycles. The van der Waals surface area contributed by atoms with Gasteiger partial charge in [0.05, 0.1) is 0 Å². The van der Waals surface area contributed by atoms with Crippen molar-refractivity contribution in [3.05, 3.63) is 150 Å².